The van der Waals surface area contributed by atoms with Crippen LogP contribution in [0.3, 0.4) is 0 Å². The van der Waals surface area contributed by atoms with Crippen LogP contribution < -0.4 is 10.1 Å². The van der Waals surface area contributed by atoms with Crippen molar-refractivity contribution in [2.24, 2.45) is 0 Å². The van der Waals surface area contributed by atoms with Gasteiger partial charge in [0.1, 0.15) is 10.6 Å². The van der Waals surface area contributed by atoms with E-state index in [0.29, 0.717) is 28.5 Å². The summed E-state index contributed by atoms with van der Waals surface area (Å²) in [4.78, 5) is 27.8. The fourth-order valence-electron chi connectivity index (χ4n) is 3.55. The molecular weight excluding hydrogens is 398 g/mol. The first-order valence-electron chi connectivity index (χ1n) is 10.1. The molecule has 1 N–H and O–H groups in total. The lowest BCUT2D eigenvalue weighted by atomic mass is 10.1. The third-order valence-corrected chi connectivity index (χ3v) is 6.18. The summed E-state index contributed by atoms with van der Waals surface area (Å²) in [5.74, 6) is -0.330. The average molecular weight is 422 g/mol. The average Bonchev–Trinajstić information content (AvgIpc) is 3.36. The van der Waals surface area contributed by atoms with Gasteiger partial charge in [-0.2, -0.15) is 0 Å². The molecule has 0 spiro atoms. The number of carbonyl (C=O) groups excluding carboxylic acids is 2. The minimum atomic E-state index is -1.06. The number of carbonyl (C=O) groups is 2. The molecule has 1 heterocycles. The second kappa shape index (κ2) is 9.13. The number of hydrogen-bond donors (Lipinski definition) is 1. The Morgan fingerprint density at radius 1 is 1.07 bits per heavy atom. The third kappa shape index (κ3) is 4.39. The number of rotatable bonds is 7. The van der Waals surface area contributed by atoms with Crippen LogP contribution in [0.4, 0.5) is 5.69 Å². The Morgan fingerprint density at radius 3 is 2.60 bits per heavy atom. The molecule has 0 saturated carbocycles. The van der Waals surface area contributed by atoms with Gasteiger partial charge in [-0.1, -0.05) is 42.5 Å². The van der Waals surface area contributed by atoms with Crippen molar-refractivity contribution in [3.63, 3.8) is 0 Å². The third-order valence-electron chi connectivity index (χ3n) is 4.96. The Balaban J connectivity index is 1.57. The fourth-order valence-corrected chi connectivity index (χ4v) is 4.68. The molecule has 6 heteroatoms. The van der Waals surface area contributed by atoms with Crippen LogP contribution in [0.1, 0.15) is 45.1 Å². The number of hydrogen-bond acceptors (Lipinski definition) is 5. The SMILES string of the molecule is CCOc1ccccc1NC(=O)[C@@H](OC(=O)c1cc2c(s1)CCC2)c1ccccc1. The van der Waals surface area contributed by atoms with Gasteiger partial charge >= 0.3 is 5.97 Å². The molecule has 3 aromatic rings. The highest BCUT2D eigenvalue weighted by Crippen LogP contribution is 2.32. The van der Waals surface area contributed by atoms with Crippen molar-refractivity contribution in [1.29, 1.82) is 0 Å². The first kappa shape index (κ1) is 20.2. The number of nitrogens with one attached hydrogen (secondary N) is 1. The van der Waals surface area contributed by atoms with Crippen LogP contribution in [-0.2, 0) is 22.4 Å². The topological polar surface area (TPSA) is 64.6 Å². The lowest BCUT2D eigenvalue weighted by Crippen LogP contribution is -2.26. The summed E-state index contributed by atoms with van der Waals surface area (Å²) in [5, 5.41) is 2.85. The minimum absolute atomic E-state index is 0.425. The molecule has 0 bridgehead atoms. The molecule has 1 aliphatic carbocycles. The fraction of sp³-hybridized carbons (Fsp3) is 0.250. The van der Waals surface area contributed by atoms with Gasteiger partial charge in [0.25, 0.3) is 5.91 Å². The Bertz CT molecular complexity index is 1020. The van der Waals surface area contributed by atoms with Gasteiger partial charge in [-0.3, -0.25) is 4.79 Å². The Labute approximate surface area is 179 Å². The van der Waals surface area contributed by atoms with Crippen LogP contribution in [0.5, 0.6) is 5.75 Å². The molecule has 5 nitrogen and oxygen atoms in total. The Morgan fingerprint density at radius 2 is 1.83 bits per heavy atom. The van der Waals surface area contributed by atoms with Crippen molar-refractivity contribution in [3.05, 3.63) is 81.5 Å². The molecule has 0 radical (unpaired) electrons. The van der Waals surface area contributed by atoms with E-state index < -0.39 is 18.0 Å². The Kier molecular flexibility index (Phi) is 6.14. The molecule has 30 heavy (non-hydrogen) atoms. The minimum Gasteiger partial charge on any atom is -0.492 e. The van der Waals surface area contributed by atoms with Crippen LogP contribution >= 0.6 is 11.3 Å². The summed E-state index contributed by atoms with van der Waals surface area (Å²) in [6.07, 6.45) is 2.07. The number of para-hydroxylation sites is 2. The maximum Gasteiger partial charge on any atom is 0.349 e. The molecule has 0 aliphatic heterocycles. The molecule has 0 unspecified atom stereocenters. The first-order chi connectivity index (χ1) is 14.7. The highest BCUT2D eigenvalue weighted by atomic mass is 32.1. The number of benzene rings is 2. The monoisotopic (exact) mass is 421 g/mol. The number of thiophene rings is 1. The molecule has 1 atom stereocenters. The maximum absolute atomic E-state index is 13.1. The van der Waals surface area contributed by atoms with Crippen LogP contribution in [0, 0.1) is 0 Å². The molecule has 1 amide bonds. The lowest BCUT2D eigenvalue weighted by molar-refractivity contribution is -0.125. The second-order valence-corrected chi connectivity index (χ2v) is 8.16. The zero-order chi connectivity index (χ0) is 20.9. The largest absolute Gasteiger partial charge is 0.492 e. The zero-order valence-corrected chi connectivity index (χ0v) is 17.5. The van der Waals surface area contributed by atoms with Crippen LogP contribution in [0.15, 0.2) is 60.7 Å². The normalized spacial score (nSPS) is 13.4. The highest BCUT2D eigenvalue weighted by molar-refractivity contribution is 7.14. The van der Waals surface area contributed by atoms with Gasteiger partial charge in [0.05, 0.1) is 12.3 Å². The van der Waals surface area contributed by atoms with Crippen molar-refractivity contribution in [2.75, 3.05) is 11.9 Å². The number of anilines is 1. The van der Waals surface area contributed by atoms with E-state index in [2.05, 4.69) is 5.32 Å². The van der Waals surface area contributed by atoms with Crippen molar-refractivity contribution < 1.29 is 19.1 Å². The van der Waals surface area contributed by atoms with Gasteiger partial charge in [0.15, 0.2) is 0 Å². The molecule has 154 valence electrons. The molecule has 0 saturated heterocycles. The second-order valence-electron chi connectivity index (χ2n) is 7.03. The van der Waals surface area contributed by atoms with Gasteiger partial charge in [0, 0.05) is 10.4 Å². The molecule has 1 aromatic heterocycles. The van der Waals surface area contributed by atoms with Crippen molar-refractivity contribution >= 4 is 28.9 Å². The maximum atomic E-state index is 13.1. The van der Waals surface area contributed by atoms with Gasteiger partial charge in [-0.25, -0.2) is 4.79 Å². The van der Waals surface area contributed by atoms with Crippen LogP contribution in [-0.4, -0.2) is 18.5 Å². The van der Waals surface area contributed by atoms with Crippen LogP contribution in [0.25, 0.3) is 0 Å². The number of esters is 1. The Hall–Kier alpha value is -3.12. The number of ether oxygens (including phenoxy) is 2. The summed E-state index contributed by atoms with van der Waals surface area (Å²) < 4.78 is 11.3. The van der Waals surface area contributed by atoms with E-state index in [0.717, 1.165) is 19.3 Å². The van der Waals surface area contributed by atoms with E-state index in [-0.39, 0.29) is 0 Å². The number of amides is 1. The predicted molar refractivity (Wildman–Crippen MR) is 117 cm³/mol. The summed E-state index contributed by atoms with van der Waals surface area (Å²) in [6.45, 7) is 2.36. The number of aryl methyl sites for hydroxylation is 2. The smallest absolute Gasteiger partial charge is 0.349 e. The van der Waals surface area contributed by atoms with Gasteiger partial charge in [0.2, 0.25) is 6.10 Å². The van der Waals surface area contributed by atoms with Crippen molar-refractivity contribution in [1.82, 2.24) is 0 Å². The predicted octanol–water partition coefficient (Wildman–Crippen LogP) is 5.17. The first-order valence-corrected chi connectivity index (χ1v) is 10.9. The van der Waals surface area contributed by atoms with E-state index in [1.165, 1.54) is 21.8 Å². The summed E-state index contributed by atoms with van der Waals surface area (Å²) >= 11 is 1.47. The summed E-state index contributed by atoms with van der Waals surface area (Å²) in [7, 11) is 0. The van der Waals surface area contributed by atoms with Gasteiger partial charge in [-0.05, 0) is 49.9 Å². The van der Waals surface area contributed by atoms with Crippen molar-refractivity contribution in [2.45, 2.75) is 32.3 Å². The lowest BCUT2D eigenvalue weighted by Gasteiger charge is -2.19. The summed E-state index contributed by atoms with van der Waals surface area (Å²) in [5.41, 5.74) is 2.37. The standard InChI is InChI=1S/C24H23NO4S/c1-2-28-19-13-7-6-12-18(19)25-23(26)22(16-9-4-3-5-10-16)29-24(27)21-15-17-11-8-14-20(17)30-21/h3-7,9-10,12-13,15,22H,2,8,11,14H2,1H3,(H,25,26)/t22-/m0/s1. The van der Waals surface area contributed by atoms with Crippen molar-refractivity contribution in [3.8, 4) is 5.75 Å². The molecule has 4 rings (SSSR count). The molecular formula is C24H23NO4S. The molecule has 0 fully saturated rings. The van der Waals surface area contributed by atoms with Gasteiger partial charge in [-0.15, -0.1) is 11.3 Å². The van der Waals surface area contributed by atoms with E-state index >= 15 is 0 Å². The van der Waals surface area contributed by atoms with E-state index in [1.807, 2.05) is 43.3 Å². The highest BCUT2D eigenvalue weighted by Gasteiger charge is 2.28. The quantitative estimate of drug-likeness (QED) is 0.535. The van der Waals surface area contributed by atoms with Crippen LogP contribution in [0.2, 0.25) is 0 Å². The van der Waals surface area contributed by atoms with E-state index in [9.17, 15) is 9.59 Å². The number of fused-ring (bicyclic) bond motifs is 1. The van der Waals surface area contributed by atoms with E-state index in [1.54, 1.807) is 24.3 Å². The van der Waals surface area contributed by atoms with Gasteiger partial charge < -0.3 is 14.8 Å². The summed E-state index contributed by atoms with van der Waals surface area (Å²) in [6, 6.07) is 18.1. The molecule has 1 aliphatic rings. The molecule has 2 aromatic carbocycles. The zero-order valence-electron chi connectivity index (χ0n) is 16.7. The van der Waals surface area contributed by atoms with E-state index in [4.69, 9.17) is 9.47 Å².